The van der Waals surface area contributed by atoms with Crippen LogP contribution in [0.15, 0.2) is 65.8 Å². The normalized spacial score (nSPS) is 10.1. The lowest BCUT2D eigenvalue weighted by Crippen LogP contribution is -2.03. The van der Waals surface area contributed by atoms with Crippen molar-refractivity contribution in [3.05, 3.63) is 66.2 Å². The average molecular weight is 318 g/mol. The number of benzene rings is 2. The summed E-state index contributed by atoms with van der Waals surface area (Å²) in [6.07, 6.45) is 1.92. The Kier molecular flexibility index (Phi) is 4.55. The zero-order valence-corrected chi connectivity index (χ0v) is 13.3. The molecule has 1 heterocycles. The number of nitrogens with zero attached hydrogens (tertiary/aromatic N) is 3. The van der Waals surface area contributed by atoms with E-state index in [1.54, 1.807) is 0 Å². The van der Waals surface area contributed by atoms with Crippen molar-refractivity contribution < 1.29 is 0 Å². The molecular formula is C18H14N4S. The number of thioether (sulfide) groups is 1. The molecule has 0 unspecified atom stereocenters. The van der Waals surface area contributed by atoms with E-state index >= 15 is 0 Å². The van der Waals surface area contributed by atoms with Crippen LogP contribution >= 0.6 is 11.8 Å². The molecule has 0 saturated heterocycles. The van der Waals surface area contributed by atoms with Crippen LogP contribution in [-0.4, -0.2) is 16.2 Å². The molecule has 0 saturated carbocycles. The summed E-state index contributed by atoms with van der Waals surface area (Å²) in [5, 5.41) is 13.5. The predicted octanol–water partition coefficient (Wildman–Crippen LogP) is 4.48. The van der Waals surface area contributed by atoms with Crippen molar-refractivity contribution in [3.63, 3.8) is 0 Å². The van der Waals surface area contributed by atoms with Gasteiger partial charge in [0.15, 0.2) is 11.0 Å². The molecule has 5 heteroatoms. The maximum Gasteiger partial charge on any atom is 0.189 e. The largest absolute Gasteiger partial charge is 0.339 e. The van der Waals surface area contributed by atoms with Gasteiger partial charge in [-0.05, 0) is 18.4 Å². The molecule has 0 aliphatic rings. The van der Waals surface area contributed by atoms with Gasteiger partial charge in [-0.2, -0.15) is 5.26 Å². The lowest BCUT2D eigenvalue weighted by molar-refractivity contribution is 0.975. The van der Waals surface area contributed by atoms with Gasteiger partial charge in [0, 0.05) is 11.3 Å². The zero-order chi connectivity index (χ0) is 16.1. The number of hydrogen-bond acceptors (Lipinski definition) is 5. The van der Waals surface area contributed by atoms with Crippen molar-refractivity contribution in [2.45, 2.75) is 5.16 Å². The lowest BCUT2D eigenvalue weighted by atomic mass is 10.1. The third-order valence-electron chi connectivity index (χ3n) is 3.27. The Balaban J connectivity index is 2.14. The third kappa shape index (κ3) is 3.33. The first-order valence-corrected chi connectivity index (χ1v) is 8.28. The molecule has 2 aromatic carbocycles. The van der Waals surface area contributed by atoms with Crippen LogP contribution in [0.25, 0.3) is 11.3 Å². The smallest absolute Gasteiger partial charge is 0.189 e. The Bertz CT molecular complexity index is 842. The van der Waals surface area contributed by atoms with E-state index in [4.69, 9.17) is 0 Å². The van der Waals surface area contributed by atoms with E-state index in [2.05, 4.69) is 21.4 Å². The summed E-state index contributed by atoms with van der Waals surface area (Å²) in [5.74, 6) is 0.525. The monoisotopic (exact) mass is 318 g/mol. The second-order valence-corrected chi connectivity index (χ2v) is 5.52. The number of hydrogen-bond donors (Lipinski definition) is 1. The van der Waals surface area contributed by atoms with Crippen LogP contribution in [0.1, 0.15) is 5.56 Å². The minimum Gasteiger partial charge on any atom is -0.339 e. The number of rotatable bonds is 4. The maximum atomic E-state index is 9.63. The molecule has 1 aromatic heterocycles. The van der Waals surface area contributed by atoms with Gasteiger partial charge in [0.25, 0.3) is 0 Å². The first-order valence-electron chi connectivity index (χ1n) is 7.05. The molecule has 0 aliphatic carbocycles. The fraction of sp³-hybridized carbons (Fsp3) is 0.0556. The van der Waals surface area contributed by atoms with E-state index in [0.29, 0.717) is 22.2 Å². The highest BCUT2D eigenvalue weighted by atomic mass is 32.2. The first-order chi connectivity index (χ1) is 11.3. The second-order valence-electron chi connectivity index (χ2n) is 4.75. The predicted molar refractivity (Wildman–Crippen MR) is 93.7 cm³/mol. The molecule has 1 N–H and O–H groups in total. The molecule has 0 fully saturated rings. The summed E-state index contributed by atoms with van der Waals surface area (Å²) >= 11 is 1.45. The summed E-state index contributed by atoms with van der Waals surface area (Å²) in [7, 11) is 0. The highest BCUT2D eigenvalue weighted by molar-refractivity contribution is 7.98. The van der Waals surface area contributed by atoms with Gasteiger partial charge in [0.1, 0.15) is 11.6 Å². The van der Waals surface area contributed by atoms with Gasteiger partial charge in [0.05, 0.1) is 5.69 Å². The van der Waals surface area contributed by atoms with Gasteiger partial charge in [-0.3, -0.25) is 0 Å². The Hall–Kier alpha value is -2.84. The third-order valence-corrected chi connectivity index (χ3v) is 3.81. The summed E-state index contributed by atoms with van der Waals surface area (Å²) in [6.45, 7) is 0. The second kappa shape index (κ2) is 6.95. The molecule has 23 heavy (non-hydrogen) atoms. The minimum atomic E-state index is 0.442. The first kappa shape index (κ1) is 15.1. The molecule has 0 bridgehead atoms. The molecule has 0 radical (unpaired) electrons. The molecule has 3 rings (SSSR count). The molecule has 112 valence electrons. The molecule has 0 aliphatic heterocycles. The van der Waals surface area contributed by atoms with E-state index in [0.717, 1.165) is 11.3 Å². The summed E-state index contributed by atoms with van der Waals surface area (Å²) in [6, 6.07) is 21.6. The Morgan fingerprint density at radius 2 is 1.61 bits per heavy atom. The summed E-state index contributed by atoms with van der Waals surface area (Å²) in [5.41, 5.74) is 2.87. The van der Waals surface area contributed by atoms with Gasteiger partial charge < -0.3 is 5.32 Å². The van der Waals surface area contributed by atoms with Crippen molar-refractivity contribution in [2.75, 3.05) is 11.6 Å². The average Bonchev–Trinajstić information content (AvgIpc) is 2.62. The Morgan fingerprint density at radius 1 is 0.957 bits per heavy atom. The SMILES string of the molecule is CSc1nc(Nc2ccccc2)c(C#N)c(-c2ccccc2)n1. The van der Waals surface area contributed by atoms with Crippen LogP contribution in [0.5, 0.6) is 0 Å². The highest BCUT2D eigenvalue weighted by Crippen LogP contribution is 2.29. The number of nitriles is 1. The van der Waals surface area contributed by atoms with Gasteiger partial charge in [-0.25, -0.2) is 9.97 Å². The van der Waals surface area contributed by atoms with Crippen LogP contribution in [0.2, 0.25) is 0 Å². The van der Waals surface area contributed by atoms with Crippen molar-refractivity contribution in [2.24, 2.45) is 0 Å². The van der Waals surface area contributed by atoms with Crippen LogP contribution in [0.3, 0.4) is 0 Å². The van der Waals surface area contributed by atoms with Crippen LogP contribution in [-0.2, 0) is 0 Å². The molecule has 4 nitrogen and oxygen atoms in total. The van der Waals surface area contributed by atoms with E-state index in [1.807, 2.05) is 66.9 Å². The number of aromatic nitrogens is 2. The molecular weight excluding hydrogens is 304 g/mol. The van der Waals surface area contributed by atoms with Crippen molar-refractivity contribution in [1.29, 1.82) is 5.26 Å². The number of anilines is 2. The van der Waals surface area contributed by atoms with Crippen LogP contribution < -0.4 is 5.32 Å². The maximum absolute atomic E-state index is 9.63. The van der Waals surface area contributed by atoms with Crippen LogP contribution in [0, 0.1) is 11.3 Å². The summed E-state index contributed by atoms with van der Waals surface area (Å²) < 4.78 is 0. The standard InChI is InChI=1S/C18H14N4S/c1-23-18-21-16(13-8-4-2-5-9-13)15(12-19)17(22-18)20-14-10-6-3-7-11-14/h2-11H,1H3,(H,20,21,22). The Morgan fingerprint density at radius 3 is 2.22 bits per heavy atom. The summed E-state index contributed by atoms with van der Waals surface area (Å²) in [4.78, 5) is 8.99. The lowest BCUT2D eigenvalue weighted by Gasteiger charge is -2.12. The van der Waals surface area contributed by atoms with E-state index in [1.165, 1.54) is 11.8 Å². The fourth-order valence-electron chi connectivity index (χ4n) is 2.19. The zero-order valence-electron chi connectivity index (χ0n) is 12.5. The van der Waals surface area contributed by atoms with E-state index < -0.39 is 0 Å². The van der Waals surface area contributed by atoms with Crippen molar-refractivity contribution in [3.8, 4) is 17.3 Å². The number of para-hydroxylation sites is 1. The quantitative estimate of drug-likeness (QED) is 0.567. The Labute approximate surface area is 139 Å². The molecule has 3 aromatic rings. The van der Waals surface area contributed by atoms with Gasteiger partial charge in [0.2, 0.25) is 0 Å². The highest BCUT2D eigenvalue weighted by Gasteiger charge is 2.15. The van der Waals surface area contributed by atoms with Gasteiger partial charge >= 0.3 is 0 Å². The van der Waals surface area contributed by atoms with E-state index in [9.17, 15) is 5.26 Å². The molecule has 0 amide bonds. The van der Waals surface area contributed by atoms with Crippen molar-refractivity contribution >= 4 is 23.3 Å². The van der Waals surface area contributed by atoms with Gasteiger partial charge in [-0.1, -0.05) is 60.3 Å². The topological polar surface area (TPSA) is 61.6 Å². The van der Waals surface area contributed by atoms with Crippen molar-refractivity contribution in [1.82, 2.24) is 9.97 Å². The molecule has 0 atom stereocenters. The minimum absolute atomic E-state index is 0.442. The van der Waals surface area contributed by atoms with Gasteiger partial charge in [-0.15, -0.1) is 0 Å². The van der Waals surface area contributed by atoms with Crippen LogP contribution in [0.4, 0.5) is 11.5 Å². The molecule has 0 spiro atoms. The number of nitrogens with one attached hydrogen (secondary N) is 1. The fourth-order valence-corrected chi connectivity index (χ4v) is 2.56. The van der Waals surface area contributed by atoms with E-state index in [-0.39, 0.29) is 0 Å².